The molecule has 2 aromatic heterocycles. The maximum Gasteiger partial charge on any atom is 0.271 e. The average molecular weight is 403 g/mol. The van der Waals surface area contributed by atoms with Crippen molar-refractivity contribution in [3.8, 4) is 5.69 Å². The second-order valence-corrected chi connectivity index (χ2v) is 9.21. The van der Waals surface area contributed by atoms with Gasteiger partial charge in [-0.25, -0.2) is 8.42 Å². The summed E-state index contributed by atoms with van der Waals surface area (Å²) in [6.07, 6.45) is 0. The van der Waals surface area contributed by atoms with Crippen LogP contribution in [0.5, 0.6) is 0 Å². The van der Waals surface area contributed by atoms with Gasteiger partial charge in [0.15, 0.2) is 0 Å². The van der Waals surface area contributed by atoms with Crippen molar-refractivity contribution in [3.63, 3.8) is 0 Å². The van der Waals surface area contributed by atoms with Crippen LogP contribution in [0.2, 0.25) is 0 Å². The summed E-state index contributed by atoms with van der Waals surface area (Å²) in [6, 6.07) is 15.8. The third-order valence-corrected chi connectivity index (χ3v) is 7.71. The average Bonchev–Trinajstić information content (AvgIpc) is 3.25. The highest BCUT2D eigenvalue weighted by Gasteiger charge is 2.29. The van der Waals surface area contributed by atoms with E-state index in [1.54, 1.807) is 23.6 Å². The van der Waals surface area contributed by atoms with Gasteiger partial charge in [0.2, 0.25) is 0 Å². The van der Waals surface area contributed by atoms with E-state index in [9.17, 15) is 13.2 Å². The molecule has 0 spiro atoms. The zero-order chi connectivity index (χ0) is 18.9. The molecule has 0 bridgehead atoms. The van der Waals surface area contributed by atoms with E-state index < -0.39 is 10.0 Å². The van der Waals surface area contributed by atoms with Crippen molar-refractivity contribution in [2.45, 2.75) is 4.21 Å². The molecule has 1 aliphatic rings. The molecule has 1 aromatic carbocycles. The number of hydrogen-bond acceptors (Lipinski definition) is 6. The molecule has 3 aromatic rings. The maximum absolute atomic E-state index is 12.6. The van der Waals surface area contributed by atoms with Gasteiger partial charge in [0.05, 0.1) is 5.69 Å². The van der Waals surface area contributed by atoms with Gasteiger partial charge in [-0.1, -0.05) is 24.3 Å². The van der Waals surface area contributed by atoms with Crippen molar-refractivity contribution in [1.29, 1.82) is 0 Å². The lowest BCUT2D eigenvalue weighted by molar-refractivity contribution is 0.384. The van der Waals surface area contributed by atoms with Gasteiger partial charge in [-0.3, -0.25) is 4.79 Å². The molecule has 9 heteroatoms. The lowest BCUT2D eigenvalue weighted by Crippen LogP contribution is -2.49. The Morgan fingerprint density at radius 1 is 0.889 bits per heavy atom. The van der Waals surface area contributed by atoms with Crippen molar-refractivity contribution in [2.75, 3.05) is 31.1 Å². The van der Waals surface area contributed by atoms with Crippen molar-refractivity contribution in [2.24, 2.45) is 0 Å². The molecule has 0 radical (unpaired) electrons. The Labute approximate surface area is 161 Å². The molecule has 0 amide bonds. The Balaban J connectivity index is 1.53. The molecule has 140 valence electrons. The highest BCUT2D eigenvalue weighted by molar-refractivity contribution is 7.91. The summed E-state index contributed by atoms with van der Waals surface area (Å²) in [5.41, 5.74) is 0.493. The summed E-state index contributed by atoms with van der Waals surface area (Å²) in [6.45, 7) is 1.80. The van der Waals surface area contributed by atoms with Gasteiger partial charge in [0, 0.05) is 32.2 Å². The Morgan fingerprint density at radius 3 is 2.30 bits per heavy atom. The van der Waals surface area contributed by atoms with Crippen molar-refractivity contribution in [3.05, 3.63) is 70.3 Å². The summed E-state index contributed by atoms with van der Waals surface area (Å²) in [4.78, 5) is 14.2. The van der Waals surface area contributed by atoms with Crippen LogP contribution in [0.25, 0.3) is 5.69 Å². The number of nitrogens with zero attached hydrogens (tertiary/aromatic N) is 4. The molecule has 0 N–H and O–H groups in total. The summed E-state index contributed by atoms with van der Waals surface area (Å²) in [5, 5.41) is 6.23. The topological polar surface area (TPSA) is 75.5 Å². The molecular weight excluding hydrogens is 384 g/mol. The Morgan fingerprint density at radius 2 is 1.63 bits per heavy atom. The first-order chi connectivity index (χ1) is 13.1. The highest BCUT2D eigenvalue weighted by atomic mass is 32.2. The van der Waals surface area contributed by atoms with Crippen LogP contribution in [0.1, 0.15) is 0 Å². The van der Waals surface area contributed by atoms with Crippen LogP contribution >= 0.6 is 11.3 Å². The molecule has 0 atom stereocenters. The predicted molar refractivity (Wildman–Crippen MR) is 105 cm³/mol. The molecule has 27 heavy (non-hydrogen) atoms. The monoisotopic (exact) mass is 402 g/mol. The maximum atomic E-state index is 12.6. The van der Waals surface area contributed by atoms with Crippen molar-refractivity contribution in [1.82, 2.24) is 14.1 Å². The summed E-state index contributed by atoms with van der Waals surface area (Å²) in [5.74, 6) is 0.659. The van der Waals surface area contributed by atoms with Crippen molar-refractivity contribution >= 4 is 27.2 Å². The first-order valence-electron chi connectivity index (χ1n) is 8.50. The number of sulfonamides is 1. The minimum atomic E-state index is -3.43. The lowest BCUT2D eigenvalue weighted by atomic mass is 10.3. The number of aromatic nitrogens is 2. The van der Waals surface area contributed by atoms with E-state index in [0.717, 1.165) is 0 Å². The summed E-state index contributed by atoms with van der Waals surface area (Å²) >= 11 is 1.23. The molecule has 3 heterocycles. The first kappa shape index (κ1) is 17.9. The standard InChI is InChI=1S/C18H18N4O3S2/c23-17-9-8-16(19-22(17)15-5-2-1-3-6-15)20-10-12-21(13-11-20)27(24,25)18-7-4-14-26-18/h1-9,14H,10-13H2. The van der Waals surface area contributed by atoms with Crippen LogP contribution in [0.15, 0.2) is 69.0 Å². The third-order valence-electron chi connectivity index (χ3n) is 4.44. The second kappa shape index (κ2) is 7.26. The van der Waals surface area contributed by atoms with Crippen LogP contribution < -0.4 is 10.5 Å². The number of anilines is 1. The van der Waals surface area contributed by atoms with E-state index in [0.29, 0.717) is 41.9 Å². The largest absolute Gasteiger partial charge is 0.353 e. The van der Waals surface area contributed by atoms with E-state index in [1.165, 1.54) is 26.4 Å². The van der Waals surface area contributed by atoms with Gasteiger partial charge in [-0.2, -0.15) is 8.99 Å². The molecule has 0 aliphatic carbocycles. The van der Waals surface area contributed by atoms with Gasteiger partial charge in [0.25, 0.3) is 15.6 Å². The minimum Gasteiger partial charge on any atom is -0.353 e. The van der Waals surface area contributed by atoms with Crippen LogP contribution in [-0.2, 0) is 10.0 Å². The van der Waals surface area contributed by atoms with E-state index in [-0.39, 0.29) is 5.56 Å². The van der Waals surface area contributed by atoms with Crippen molar-refractivity contribution < 1.29 is 8.42 Å². The smallest absolute Gasteiger partial charge is 0.271 e. The molecule has 7 nitrogen and oxygen atoms in total. The quantitative estimate of drug-likeness (QED) is 0.665. The fourth-order valence-electron chi connectivity index (χ4n) is 3.02. The molecular formula is C18H18N4O3S2. The van der Waals surface area contributed by atoms with E-state index >= 15 is 0 Å². The third kappa shape index (κ3) is 3.53. The second-order valence-electron chi connectivity index (χ2n) is 6.10. The Kier molecular flexibility index (Phi) is 4.81. The van der Waals surface area contributed by atoms with Gasteiger partial charge >= 0.3 is 0 Å². The van der Waals surface area contributed by atoms with Crippen LogP contribution in [-0.4, -0.2) is 48.7 Å². The fraction of sp³-hybridized carbons (Fsp3) is 0.222. The van der Waals surface area contributed by atoms with Crippen LogP contribution in [0, 0.1) is 0 Å². The molecule has 0 unspecified atom stereocenters. The highest BCUT2D eigenvalue weighted by Crippen LogP contribution is 2.23. The number of hydrogen-bond donors (Lipinski definition) is 0. The van der Waals surface area contributed by atoms with Gasteiger partial charge in [-0.05, 0) is 29.6 Å². The first-order valence-corrected chi connectivity index (χ1v) is 10.8. The Bertz CT molecular complexity index is 1070. The Hall–Kier alpha value is -2.49. The van der Waals surface area contributed by atoms with Crippen LogP contribution in [0.3, 0.4) is 0 Å². The summed E-state index contributed by atoms with van der Waals surface area (Å²) in [7, 11) is -3.43. The van der Waals surface area contributed by atoms with E-state index in [1.807, 2.05) is 35.2 Å². The molecule has 1 saturated heterocycles. The van der Waals surface area contributed by atoms with Gasteiger partial charge in [-0.15, -0.1) is 16.4 Å². The number of rotatable bonds is 4. The molecule has 1 fully saturated rings. The lowest BCUT2D eigenvalue weighted by Gasteiger charge is -2.34. The predicted octanol–water partition coefficient (Wildman–Crippen LogP) is 1.80. The normalized spacial score (nSPS) is 15.8. The number of piperazine rings is 1. The molecule has 1 aliphatic heterocycles. The number of benzene rings is 1. The fourth-order valence-corrected chi connectivity index (χ4v) is 5.59. The minimum absolute atomic E-state index is 0.205. The van der Waals surface area contributed by atoms with Gasteiger partial charge in [0.1, 0.15) is 10.0 Å². The molecule has 4 rings (SSSR count). The number of thiophene rings is 1. The van der Waals surface area contributed by atoms with E-state index in [2.05, 4.69) is 5.10 Å². The molecule has 0 saturated carbocycles. The van der Waals surface area contributed by atoms with Gasteiger partial charge < -0.3 is 4.90 Å². The zero-order valence-corrected chi connectivity index (χ0v) is 16.1. The van der Waals surface area contributed by atoms with Crippen LogP contribution in [0.4, 0.5) is 5.82 Å². The van der Waals surface area contributed by atoms with E-state index in [4.69, 9.17) is 0 Å². The number of para-hydroxylation sites is 1. The summed E-state index contributed by atoms with van der Waals surface area (Å²) < 4.78 is 28.5. The zero-order valence-electron chi connectivity index (χ0n) is 14.4. The SMILES string of the molecule is O=c1ccc(N2CCN(S(=O)(=O)c3cccs3)CC2)nn1-c1ccccc1.